The molecular formula is C18H16N6O2. The van der Waals surface area contributed by atoms with Crippen molar-refractivity contribution in [1.82, 2.24) is 24.7 Å². The average molecular weight is 348 g/mol. The number of oxazole rings is 1. The number of nitrogens with zero attached hydrogens (tertiary/aromatic N) is 5. The Kier molecular flexibility index (Phi) is 3.92. The number of benzene rings is 1. The molecule has 0 saturated heterocycles. The van der Waals surface area contributed by atoms with Crippen molar-refractivity contribution in [2.24, 2.45) is 0 Å². The fourth-order valence-corrected chi connectivity index (χ4v) is 2.48. The first kappa shape index (κ1) is 15.9. The first-order valence-corrected chi connectivity index (χ1v) is 8.13. The molecule has 0 unspecified atom stereocenters. The predicted octanol–water partition coefficient (Wildman–Crippen LogP) is 3.18. The van der Waals surface area contributed by atoms with E-state index in [1.54, 1.807) is 36.5 Å². The Bertz CT molecular complexity index is 1070. The molecule has 8 heteroatoms. The number of pyridine rings is 1. The van der Waals surface area contributed by atoms with Gasteiger partial charge in [-0.2, -0.15) is 5.10 Å². The van der Waals surface area contributed by atoms with Crippen LogP contribution in [-0.4, -0.2) is 30.6 Å². The van der Waals surface area contributed by atoms with Gasteiger partial charge in [0.25, 0.3) is 5.91 Å². The maximum atomic E-state index is 12.6. The molecule has 0 spiro atoms. The van der Waals surface area contributed by atoms with E-state index in [1.807, 2.05) is 13.8 Å². The van der Waals surface area contributed by atoms with Crippen LogP contribution in [0.1, 0.15) is 36.0 Å². The molecule has 1 N–H and O–H groups in total. The fraction of sp³-hybridized carbons (Fsp3) is 0.167. The topological polar surface area (TPSA) is 98.7 Å². The summed E-state index contributed by atoms with van der Waals surface area (Å²) in [4.78, 5) is 25.1. The third-order valence-corrected chi connectivity index (χ3v) is 3.82. The van der Waals surface area contributed by atoms with E-state index in [4.69, 9.17) is 4.42 Å². The van der Waals surface area contributed by atoms with Crippen LogP contribution in [0.15, 0.2) is 53.6 Å². The molecule has 0 saturated carbocycles. The highest BCUT2D eigenvalue weighted by molar-refractivity contribution is 6.05. The summed E-state index contributed by atoms with van der Waals surface area (Å²) in [5.41, 5.74) is 2.52. The Balaban J connectivity index is 1.58. The summed E-state index contributed by atoms with van der Waals surface area (Å²) in [6.07, 6.45) is 4.49. The summed E-state index contributed by atoms with van der Waals surface area (Å²) in [5, 5.41) is 6.88. The lowest BCUT2D eigenvalue weighted by Crippen LogP contribution is -2.13. The van der Waals surface area contributed by atoms with Gasteiger partial charge < -0.3 is 9.73 Å². The number of carbonyl (C=O) groups excluding carboxylic acids is 1. The summed E-state index contributed by atoms with van der Waals surface area (Å²) < 4.78 is 7.18. The van der Waals surface area contributed by atoms with Crippen molar-refractivity contribution in [3.8, 4) is 5.82 Å². The van der Waals surface area contributed by atoms with Crippen molar-refractivity contribution >= 4 is 22.7 Å². The third kappa shape index (κ3) is 3.04. The van der Waals surface area contributed by atoms with Crippen LogP contribution in [0.25, 0.3) is 16.9 Å². The lowest BCUT2D eigenvalue weighted by molar-refractivity contribution is 0.102. The lowest BCUT2D eigenvalue weighted by Gasteiger charge is -2.06. The number of aromatic nitrogens is 5. The predicted molar refractivity (Wildman–Crippen MR) is 95.2 cm³/mol. The zero-order valence-corrected chi connectivity index (χ0v) is 14.2. The molecule has 0 bridgehead atoms. The van der Waals surface area contributed by atoms with Crippen LogP contribution < -0.4 is 5.32 Å². The molecule has 3 heterocycles. The molecule has 1 aromatic carbocycles. The van der Waals surface area contributed by atoms with Crippen molar-refractivity contribution in [3.63, 3.8) is 0 Å². The SMILES string of the molecule is CC(C)c1nc2cc(NC(=O)c3ccnc(-n4cncn4)c3)ccc2o1. The van der Waals surface area contributed by atoms with Crippen molar-refractivity contribution in [3.05, 3.63) is 60.6 Å². The van der Waals surface area contributed by atoms with Gasteiger partial charge in [-0.05, 0) is 30.3 Å². The average Bonchev–Trinajstić information content (AvgIpc) is 3.31. The van der Waals surface area contributed by atoms with Gasteiger partial charge in [0.2, 0.25) is 0 Å². The van der Waals surface area contributed by atoms with Crippen LogP contribution in [0.2, 0.25) is 0 Å². The molecule has 8 nitrogen and oxygen atoms in total. The molecule has 1 amide bonds. The van der Waals surface area contributed by atoms with Gasteiger partial charge in [-0.1, -0.05) is 13.8 Å². The summed E-state index contributed by atoms with van der Waals surface area (Å²) in [5.74, 6) is 1.15. The number of anilines is 1. The van der Waals surface area contributed by atoms with E-state index in [9.17, 15) is 4.79 Å². The minimum atomic E-state index is -0.249. The molecule has 0 aliphatic rings. The van der Waals surface area contributed by atoms with Crippen LogP contribution >= 0.6 is 0 Å². The highest BCUT2D eigenvalue weighted by Crippen LogP contribution is 2.24. The minimum Gasteiger partial charge on any atom is -0.440 e. The standard InChI is InChI=1S/C18H16N6O2/c1-11(2)18-23-14-8-13(3-4-15(14)26-18)22-17(25)12-5-6-20-16(7-12)24-10-19-9-21-24/h3-11H,1-2H3,(H,22,25). The molecule has 0 aliphatic heterocycles. The highest BCUT2D eigenvalue weighted by Gasteiger charge is 2.12. The molecular weight excluding hydrogens is 332 g/mol. The van der Waals surface area contributed by atoms with Crippen molar-refractivity contribution in [1.29, 1.82) is 0 Å². The Hall–Kier alpha value is -3.55. The van der Waals surface area contributed by atoms with Gasteiger partial charge in [0.15, 0.2) is 17.3 Å². The van der Waals surface area contributed by atoms with E-state index < -0.39 is 0 Å². The van der Waals surface area contributed by atoms with Gasteiger partial charge in [0.1, 0.15) is 18.2 Å². The number of nitrogens with one attached hydrogen (secondary N) is 1. The van der Waals surface area contributed by atoms with Gasteiger partial charge in [-0.25, -0.2) is 19.6 Å². The van der Waals surface area contributed by atoms with Crippen molar-refractivity contribution in [2.45, 2.75) is 19.8 Å². The van der Waals surface area contributed by atoms with E-state index in [0.29, 0.717) is 34.1 Å². The van der Waals surface area contributed by atoms with E-state index in [0.717, 1.165) is 0 Å². The first-order valence-electron chi connectivity index (χ1n) is 8.13. The fourth-order valence-electron chi connectivity index (χ4n) is 2.48. The normalized spacial score (nSPS) is 11.2. The highest BCUT2D eigenvalue weighted by atomic mass is 16.3. The molecule has 0 radical (unpaired) electrons. The Labute approximate surface area is 148 Å². The minimum absolute atomic E-state index is 0.201. The van der Waals surface area contributed by atoms with E-state index in [-0.39, 0.29) is 11.8 Å². The summed E-state index contributed by atoms with van der Waals surface area (Å²) in [7, 11) is 0. The number of rotatable bonds is 4. The van der Waals surface area contributed by atoms with Gasteiger partial charge in [-0.3, -0.25) is 4.79 Å². The second kappa shape index (κ2) is 6.40. The van der Waals surface area contributed by atoms with E-state index in [2.05, 4.69) is 25.4 Å². The van der Waals surface area contributed by atoms with Crippen LogP contribution in [0.3, 0.4) is 0 Å². The molecule has 0 fully saturated rings. The van der Waals surface area contributed by atoms with Crippen LogP contribution in [0, 0.1) is 0 Å². The summed E-state index contributed by atoms with van der Waals surface area (Å²) >= 11 is 0. The van der Waals surface area contributed by atoms with E-state index in [1.165, 1.54) is 17.3 Å². The van der Waals surface area contributed by atoms with Crippen molar-refractivity contribution in [2.75, 3.05) is 5.32 Å². The molecule has 26 heavy (non-hydrogen) atoms. The molecule has 3 aromatic heterocycles. The molecule has 4 aromatic rings. The maximum absolute atomic E-state index is 12.6. The number of hydrogen-bond acceptors (Lipinski definition) is 6. The Morgan fingerprint density at radius 2 is 2.12 bits per heavy atom. The lowest BCUT2D eigenvalue weighted by atomic mass is 10.2. The zero-order chi connectivity index (χ0) is 18.1. The molecule has 4 rings (SSSR count). The number of fused-ring (bicyclic) bond motifs is 1. The maximum Gasteiger partial charge on any atom is 0.255 e. The number of amides is 1. The van der Waals surface area contributed by atoms with Gasteiger partial charge in [0, 0.05) is 23.4 Å². The smallest absolute Gasteiger partial charge is 0.255 e. The monoisotopic (exact) mass is 348 g/mol. The van der Waals surface area contributed by atoms with Gasteiger partial charge in [-0.15, -0.1) is 0 Å². The number of carbonyl (C=O) groups is 1. The number of hydrogen-bond donors (Lipinski definition) is 1. The van der Waals surface area contributed by atoms with Crippen LogP contribution in [0.5, 0.6) is 0 Å². The second-order valence-corrected chi connectivity index (χ2v) is 6.09. The molecule has 0 aliphatic carbocycles. The Morgan fingerprint density at radius 3 is 2.88 bits per heavy atom. The zero-order valence-electron chi connectivity index (χ0n) is 14.2. The summed E-state index contributed by atoms with van der Waals surface area (Å²) in [6, 6.07) is 8.67. The van der Waals surface area contributed by atoms with Gasteiger partial charge in [0.05, 0.1) is 0 Å². The largest absolute Gasteiger partial charge is 0.440 e. The molecule has 130 valence electrons. The van der Waals surface area contributed by atoms with Crippen molar-refractivity contribution < 1.29 is 9.21 Å². The van der Waals surface area contributed by atoms with E-state index >= 15 is 0 Å². The molecule has 0 atom stereocenters. The van der Waals surface area contributed by atoms with Gasteiger partial charge >= 0.3 is 0 Å². The third-order valence-electron chi connectivity index (χ3n) is 3.82. The van der Waals surface area contributed by atoms with Crippen LogP contribution in [0.4, 0.5) is 5.69 Å². The summed E-state index contributed by atoms with van der Waals surface area (Å²) in [6.45, 7) is 4.03. The first-order chi connectivity index (χ1) is 12.6. The quantitative estimate of drug-likeness (QED) is 0.608. The Morgan fingerprint density at radius 1 is 1.23 bits per heavy atom. The van der Waals surface area contributed by atoms with Crippen LogP contribution in [-0.2, 0) is 0 Å². The second-order valence-electron chi connectivity index (χ2n) is 6.09.